The van der Waals surface area contributed by atoms with Gasteiger partial charge in [-0.3, -0.25) is 0 Å². The first-order valence-corrected chi connectivity index (χ1v) is 7.63. The second kappa shape index (κ2) is 6.52. The maximum atomic E-state index is 6.05. The second-order valence-corrected chi connectivity index (χ2v) is 6.19. The highest BCUT2D eigenvalue weighted by Crippen LogP contribution is 2.33. The monoisotopic (exact) mass is 299 g/mol. The Kier molecular flexibility index (Phi) is 5.00. The lowest BCUT2D eigenvalue weighted by Gasteiger charge is -2.07. The lowest BCUT2D eigenvalue weighted by molar-refractivity contribution is 0.803. The van der Waals surface area contributed by atoms with Crippen LogP contribution in [0.25, 0.3) is 0 Å². The zero-order chi connectivity index (χ0) is 13.0. The predicted octanol–water partition coefficient (Wildman–Crippen LogP) is 3.62. The number of halogens is 1. The highest BCUT2D eigenvalue weighted by molar-refractivity contribution is 8.01. The summed E-state index contributed by atoms with van der Waals surface area (Å²) in [5, 5.41) is 3.90. The Morgan fingerprint density at radius 1 is 1.44 bits per heavy atom. The van der Waals surface area contributed by atoms with Crippen LogP contribution in [0.3, 0.4) is 0 Å². The topological polar surface area (TPSA) is 37.8 Å². The molecule has 3 nitrogen and oxygen atoms in total. The van der Waals surface area contributed by atoms with Gasteiger partial charge < -0.3 is 5.32 Å². The molecule has 1 aromatic carbocycles. The van der Waals surface area contributed by atoms with E-state index in [0.717, 1.165) is 33.0 Å². The summed E-state index contributed by atoms with van der Waals surface area (Å²) in [7, 11) is 1.93. The average Bonchev–Trinajstić information content (AvgIpc) is 2.80. The van der Waals surface area contributed by atoms with E-state index >= 15 is 0 Å². The van der Waals surface area contributed by atoms with Crippen molar-refractivity contribution < 1.29 is 0 Å². The number of hydrogen-bond donors (Lipinski definition) is 1. The molecule has 1 aromatic heterocycles. The minimum Gasteiger partial charge on any atom is -0.316 e. The summed E-state index contributed by atoms with van der Waals surface area (Å²) in [5.41, 5.74) is 1.22. The van der Waals surface area contributed by atoms with Crippen LogP contribution in [0.4, 0.5) is 0 Å². The van der Waals surface area contributed by atoms with Crippen LogP contribution in [0.5, 0.6) is 0 Å². The van der Waals surface area contributed by atoms with Crippen molar-refractivity contribution in [2.75, 3.05) is 7.05 Å². The molecule has 0 aliphatic heterocycles. The Morgan fingerprint density at radius 2 is 2.28 bits per heavy atom. The summed E-state index contributed by atoms with van der Waals surface area (Å²) in [5.74, 6) is 0.902. The molecule has 1 N–H and O–H groups in total. The normalized spacial score (nSPS) is 10.8. The first kappa shape index (κ1) is 13.8. The largest absolute Gasteiger partial charge is 0.316 e. The van der Waals surface area contributed by atoms with Gasteiger partial charge in [-0.1, -0.05) is 36.4 Å². The Bertz CT molecular complexity index is 528. The molecule has 0 unspecified atom stereocenters. The van der Waals surface area contributed by atoms with E-state index in [1.54, 1.807) is 11.8 Å². The minimum absolute atomic E-state index is 0.748. The van der Waals surface area contributed by atoms with Gasteiger partial charge in [-0.15, -0.1) is 0 Å². The number of benzene rings is 1. The number of aromatic nitrogens is 2. The Morgan fingerprint density at radius 3 is 2.94 bits per heavy atom. The molecule has 0 amide bonds. The van der Waals surface area contributed by atoms with E-state index in [4.69, 9.17) is 11.6 Å². The third-order valence-corrected chi connectivity index (χ3v) is 4.48. The molecule has 0 bridgehead atoms. The fraction of sp³-hybridized carbons (Fsp3) is 0.333. The Hall–Kier alpha value is -0.620. The molecule has 2 aromatic rings. The minimum atomic E-state index is 0.748. The zero-order valence-electron chi connectivity index (χ0n) is 10.2. The molecule has 1 heterocycles. The van der Waals surface area contributed by atoms with Crippen molar-refractivity contribution in [2.45, 2.75) is 29.1 Å². The molecule has 0 saturated carbocycles. The van der Waals surface area contributed by atoms with Gasteiger partial charge in [0.1, 0.15) is 5.82 Å². The van der Waals surface area contributed by atoms with Crippen molar-refractivity contribution in [3.8, 4) is 0 Å². The number of hydrogen-bond acceptors (Lipinski definition) is 5. The van der Waals surface area contributed by atoms with Crippen LogP contribution in [0.1, 0.15) is 18.3 Å². The van der Waals surface area contributed by atoms with Crippen molar-refractivity contribution in [3.63, 3.8) is 0 Å². The Balaban J connectivity index is 2.23. The highest BCUT2D eigenvalue weighted by Gasteiger charge is 2.09. The molecule has 0 aliphatic carbocycles. The van der Waals surface area contributed by atoms with Gasteiger partial charge in [-0.2, -0.15) is 4.37 Å². The number of aryl methyl sites for hydroxylation is 1. The Labute approximate surface area is 120 Å². The van der Waals surface area contributed by atoms with Gasteiger partial charge in [-0.25, -0.2) is 4.98 Å². The van der Waals surface area contributed by atoms with Gasteiger partial charge in [0.05, 0.1) is 0 Å². The van der Waals surface area contributed by atoms with Crippen LogP contribution in [0.15, 0.2) is 27.4 Å². The van der Waals surface area contributed by atoms with Crippen LogP contribution in [-0.4, -0.2) is 16.4 Å². The first-order chi connectivity index (χ1) is 8.72. The van der Waals surface area contributed by atoms with E-state index in [-0.39, 0.29) is 0 Å². The molecular weight excluding hydrogens is 286 g/mol. The number of nitrogens with zero attached hydrogens (tertiary/aromatic N) is 2. The third-order valence-electron chi connectivity index (χ3n) is 2.36. The molecule has 0 spiro atoms. The van der Waals surface area contributed by atoms with Crippen molar-refractivity contribution >= 4 is 34.9 Å². The summed E-state index contributed by atoms with van der Waals surface area (Å²) in [6, 6.07) is 5.94. The molecule has 18 heavy (non-hydrogen) atoms. The average molecular weight is 300 g/mol. The van der Waals surface area contributed by atoms with Gasteiger partial charge in [0.15, 0.2) is 4.34 Å². The molecule has 0 aliphatic rings. The molecule has 0 saturated heterocycles. The third kappa shape index (κ3) is 3.45. The lowest BCUT2D eigenvalue weighted by atomic mass is 10.2. The summed E-state index contributed by atoms with van der Waals surface area (Å²) in [6.07, 6.45) is 0.871. The molecule has 2 rings (SSSR count). The molecular formula is C12H14ClN3S2. The van der Waals surface area contributed by atoms with Gasteiger partial charge in [0.25, 0.3) is 0 Å². The van der Waals surface area contributed by atoms with E-state index in [1.807, 2.05) is 25.2 Å². The molecule has 96 valence electrons. The van der Waals surface area contributed by atoms with Crippen molar-refractivity contribution in [2.24, 2.45) is 0 Å². The zero-order valence-corrected chi connectivity index (χ0v) is 12.6. The molecule has 6 heteroatoms. The fourth-order valence-electron chi connectivity index (χ4n) is 1.48. The van der Waals surface area contributed by atoms with Gasteiger partial charge in [0.2, 0.25) is 0 Å². The fourth-order valence-corrected chi connectivity index (χ4v) is 3.54. The molecule has 0 fully saturated rings. The lowest BCUT2D eigenvalue weighted by Crippen LogP contribution is -2.05. The van der Waals surface area contributed by atoms with Crippen LogP contribution in [-0.2, 0) is 13.0 Å². The smallest absolute Gasteiger partial charge is 0.174 e. The standard InChI is InChI=1S/C12H14ClN3S2/c1-3-11-15-12(18-16-11)17-10-6-9(13)5-4-8(10)7-14-2/h4-6,14H,3,7H2,1-2H3. The maximum Gasteiger partial charge on any atom is 0.174 e. The van der Waals surface area contributed by atoms with E-state index < -0.39 is 0 Å². The number of rotatable bonds is 5. The summed E-state index contributed by atoms with van der Waals surface area (Å²) >= 11 is 9.11. The number of nitrogens with one attached hydrogen (secondary N) is 1. The van der Waals surface area contributed by atoms with E-state index in [0.29, 0.717) is 0 Å². The first-order valence-electron chi connectivity index (χ1n) is 5.66. The van der Waals surface area contributed by atoms with E-state index in [1.165, 1.54) is 17.1 Å². The quantitative estimate of drug-likeness (QED) is 0.915. The van der Waals surface area contributed by atoms with Gasteiger partial charge >= 0.3 is 0 Å². The van der Waals surface area contributed by atoms with Crippen molar-refractivity contribution in [3.05, 3.63) is 34.6 Å². The summed E-state index contributed by atoms with van der Waals surface area (Å²) in [6.45, 7) is 2.88. The maximum absolute atomic E-state index is 6.05. The van der Waals surface area contributed by atoms with Crippen LogP contribution < -0.4 is 5.32 Å². The van der Waals surface area contributed by atoms with Gasteiger partial charge in [0, 0.05) is 22.9 Å². The van der Waals surface area contributed by atoms with Crippen molar-refractivity contribution in [1.29, 1.82) is 0 Å². The summed E-state index contributed by atoms with van der Waals surface area (Å²) < 4.78 is 5.25. The highest BCUT2D eigenvalue weighted by atomic mass is 35.5. The van der Waals surface area contributed by atoms with Crippen LogP contribution >= 0.6 is 34.9 Å². The second-order valence-electron chi connectivity index (χ2n) is 3.71. The van der Waals surface area contributed by atoms with E-state index in [9.17, 15) is 0 Å². The van der Waals surface area contributed by atoms with Crippen LogP contribution in [0.2, 0.25) is 5.02 Å². The predicted molar refractivity (Wildman–Crippen MR) is 77.6 cm³/mol. The molecule has 0 atom stereocenters. The van der Waals surface area contributed by atoms with E-state index in [2.05, 4.69) is 21.6 Å². The van der Waals surface area contributed by atoms with Crippen molar-refractivity contribution in [1.82, 2.24) is 14.7 Å². The summed E-state index contributed by atoms with van der Waals surface area (Å²) in [4.78, 5) is 5.60. The molecule has 0 radical (unpaired) electrons. The van der Waals surface area contributed by atoms with Gasteiger partial charge in [-0.05, 0) is 36.3 Å². The SMILES string of the molecule is CCc1nsc(Sc2cc(Cl)ccc2CNC)n1. The van der Waals surface area contributed by atoms with Crippen LogP contribution in [0, 0.1) is 0 Å².